The largest absolute Gasteiger partial charge is 0.466 e. The van der Waals surface area contributed by atoms with Crippen LogP contribution >= 0.6 is 0 Å². The van der Waals surface area contributed by atoms with E-state index in [0.717, 1.165) is 0 Å². The molecule has 1 aliphatic rings. The van der Waals surface area contributed by atoms with Gasteiger partial charge in [-0.1, -0.05) is 27.7 Å². The molecule has 2 atom stereocenters. The van der Waals surface area contributed by atoms with E-state index < -0.39 is 16.5 Å². The summed E-state index contributed by atoms with van der Waals surface area (Å²) in [6.07, 6.45) is 0. The van der Waals surface area contributed by atoms with Crippen LogP contribution in [-0.4, -0.2) is 52.4 Å². The van der Waals surface area contributed by atoms with Crippen molar-refractivity contribution < 1.29 is 18.5 Å². The predicted octanol–water partition coefficient (Wildman–Crippen LogP) is 2.40. The second kappa shape index (κ2) is 10.6. The first kappa shape index (κ1) is 24.5. The standard InChI is InChI=1S/C12H23NO4S.C6H15N/c1-6-17-10(14)9(2)12(7-16-8-12)13-18(15)11(3,4)5;1-5(2)7-6(3)4/h9,13H,6-8H2,1-5H3;5-7H,1-4H3. The normalized spacial score (nSPS) is 18.8. The summed E-state index contributed by atoms with van der Waals surface area (Å²) in [6, 6.07) is 1.25. The van der Waals surface area contributed by atoms with E-state index in [1.807, 2.05) is 20.8 Å². The first-order valence-corrected chi connectivity index (χ1v) is 10.2. The molecular formula is C18H38N2O4S. The summed E-state index contributed by atoms with van der Waals surface area (Å²) in [4.78, 5) is 11.8. The van der Waals surface area contributed by atoms with Crippen molar-refractivity contribution in [1.82, 2.24) is 10.0 Å². The van der Waals surface area contributed by atoms with Gasteiger partial charge >= 0.3 is 5.97 Å². The van der Waals surface area contributed by atoms with E-state index >= 15 is 0 Å². The highest BCUT2D eigenvalue weighted by Gasteiger charge is 2.49. The zero-order valence-electron chi connectivity index (χ0n) is 17.4. The molecule has 0 amide bonds. The van der Waals surface area contributed by atoms with Gasteiger partial charge in [0.05, 0.1) is 47.0 Å². The zero-order chi connectivity index (χ0) is 19.8. The third-order valence-electron chi connectivity index (χ3n) is 3.71. The van der Waals surface area contributed by atoms with E-state index in [2.05, 4.69) is 37.7 Å². The Hall–Kier alpha value is -0.500. The van der Waals surface area contributed by atoms with Gasteiger partial charge in [-0.05, 0) is 34.6 Å². The summed E-state index contributed by atoms with van der Waals surface area (Å²) in [5.74, 6) is -0.656. The van der Waals surface area contributed by atoms with E-state index in [-0.39, 0.29) is 16.6 Å². The molecule has 0 aromatic heterocycles. The maximum absolute atomic E-state index is 12.2. The molecule has 6 nitrogen and oxygen atoms in total. The maximum atomic E-state index is 12.2. The fourth-order valence-electron chi connectivity index (χ4n) is 2.22. The van der Waals surface area contributed by atoms with Gasteiger partial charge in [0.1, 0.15) is 0 Å². The first-order chi connectivity index (χ1) is 11.4. The van der Waals surface area contributed by atoms with Gasteiger partial charge < -0.3 is 14.8 Å². The number of hydrogen-bond donors (Lipinski definition) is 2. The molecule has 7 heteroatoms. The Labute approximate surface area is 156 Å². The van der Waals surface area contributed by atoms with Crippen LogP contribution in [-0.2, 0) is 25.3 Å². The van der Waals surface area contributed by atoms with Gasteiger partial charge in [-0.2, -0.15) is 0 Å². The second-order valence-electron chi connectivity index (χ2n) is 8.08. The van der Waals surface area contributed by atoms with Crippen LogP contribution in [0.5, 0.6) is 0 Å². The predicted molar refractivity (Wildman–Crippen MR) is 104 cm³/mol. The topological polar surface area (TPSA) is 76.7 Å². The molecule has 1 fully saturated rings. The number of rotatable bonds is 7. The fraction of sp³-hybridized carbons (Fsp3) is 0.944. The number of hydrogen-bond acceptors (Lipinski definition) is 5. The minimum absolute atomic E-state index is 0.279. The third-order valence-corrected chi connectivity index (χ3v) is 5.41. The molecule has 2 unspecified atom stereocenters. The van der Waals surface area contributed by atoms with Crippen molar-refractivity contribution in [3.05, 3.63) is 0 Å². The van der Waals surface area contributed by atoms with Crippen molar-refractivity contribution >= 4 is 17.0 Å². The summed E-state index contributed by atoms with van der Waals surface area (Å²) < 4.78 is 25.0. The Morgan fingerprint density at radius 3 is 1.88 bits per heavy atom. The molecule has 2 N–H and O–H groups in total. The molecule has 1 heterocycles. The molecular weight excluding hydrogens is 340 g/mol. The van der Waals surface area contributed by atoms with E-state index in [1.54, 1.807) is 13.8 Å². The van der Waals surface area contributed by atoms with E-state index in [1.165, 1.54) is 0 Å². The molecule has 0 aromatic carbocycles. The van der Waals surface area contributed by atoms with Gasteiger partial charge in [-0.15, -0.1) is 0 Å². The summed E-state index contributed by atoms with van der Waals surface area (Å²) >= 11 is 0. The van der Waals surface area contributed by atoms with Gasteiger partial charge in [0.2, 0.25) is 0 Å². The molecule has 0 spiro atoms. The van der Waals surface area contributed by atoms with Crippen LogP contribution in [0.1, 0.15) is 62.3 Å². The lowest BCUT2D eigenvalue weighted by atomic mass is 9.84. The Morgan fingerprint density at radius 2 is 1.64 bits per heavy atom. The highest BCUT2D eigenvalue weighted by molar-refractivity contribution is 7.84. The number of carbonyl (C=O) groups excluding carboxylic acids is 1. The van der Waals surface area contributed by atoms with Gasteiger partial charge in [0.15, 0.2) is 0 Å². The average molecular weight is 379 g/mol. The molecule has 1 saturated heterocycles. The Kier molecular flexibility index (Phi) is 10.4. The summed E-state index contributed by atoms with van der Waals surface area (Å²) in [5, 5.41) is 3.31. The highest BCUT2D eigenvalue weighted by Crippen LogP contribution is 2.29. The molecule has 1 aliphatic heterocycles. The monoisotopic (exact) mass is 378 g/mol. The van der Waals surface area contributed by atoms with E-state index in [4.69, 9.17) is 9.47 Å². The van der Waals surface area contributed by atoms with Crippen LogP contribution in [0, 0.1) is 5.92 Å². The lowest BCUT2D eigenvalue weighted by Crippen LogP contribution is -2.67. The Morgan fingerprint density at radius 1 is 1.16 bits per heavy atom. The molecule has 25 heavy (non-hydrogen) atoms. The van der Waals surface area contributed by atoms with Gasteiger partial charge in [0, 0.05) is 12.1 Å². The van der Waals surface area contributed by atoms with Crippen LogP contribution in [0.2, 0.25) is 0 Å². The SMILES string of the molecule is CC(C)NC(C)C.CCOC(=O)C(C)C1(NS(=O)C(C)(C)C)COC1. The number of nitrogens with one attached hydrogen (secondary N) is 2. The van der Waals surface area contributed by atoms with Crippen molar-refractivity contribution in [3.8, 4) is 0 Å². The molecule has 0 saturated carbocycles. The molecule has 150 valence electrons. The maximum Gasteiger partial charge on any atom is 0.310 e. The van der Waals surface area contributed by atoms with Crippen molar-refractivity contribution in [2.24, 2.45) is 5.92 Å². The molecule has 1 rings (SSSR count). The van der Waals surface area contributed by atoms with Crippen LogP contribution in [0.15, 0.2) is 0 Å². The summed E-state index contributed by atoms with van der Waals surface area (Å²) in [5.41, 5.74) is -0.565. The molecule has 0 radical (unpaired) electrons. The number of ether oxygens (including phenoxy) is 2. The Balaban J connectivity index is 0.000000697. The van der Waals surface area contributed by atoms with Crippen molar-refractivity contribution in [1.29, 1.82) is 0 Å². The minimum atomic E-state index is -1.23. The van der Waals surface area contributed by atoms with Gasteiger partial charge in [0.25, 0.3) is 0 Å². The third kappa shape index (κ3) is 8.62. The molecule has 0 aromatic rings. The van der Waals surface area contributed by atoms with Crippen LogP contribution in [0.3, 0.4) is 0 Å². The number of carbonyl (C=O) groups is 1. The minimum Gasteiger partial charge on any atom is -0.466 e. The molecule has 0 bridgehead atoms. The fourth-order valence-corrected chi connectivity index (χ4v) is 3.19. The smallest absolute Gasteiger partial charge is 0.310 e. The Bertz CT molecular complexity index is 423. The highest BCUT2D eigenvalue weighted by atomic mass is 32.2. The summed E-state index contributed by atoms with van der Waals surface area (Å²) in [7, 11) is -1.23. The lowest BCUT2D eigenvalue weighted by Gasteiger charge is -2.45. The second-order valence-corrected chi connectivity index (χ2v) is 10.0. The average Bonchev–Trinajstić information content (AvgIpc) is 2.40. The quantitative estimate of drug-likeness (QED) is 0.665. The van der Waals surface area contributed by atoms with Crippen molar-refractivity contribution in [2.75, 3.05) is 19.8 Å². The van der Waals surface area contributed by atoms with E-state index in [0.29, 0.717) is 31.9 Å². The summed E-state index contributed by atoms with van der Waals surface area (Å²) in [6.45, 7) is 18.9. The zero-order valence-corrected chi connectivity index (χ0v) is 18.2. The van der Waals surface area contributed by atoms with Crippen LogP contribution in [0.4, 0.5) is 0 Å². The van der Waals surface area contributed by atoms with Crippen molar-refractivity contribution in [3.63, 3.8) is 0 Å². The first-order valence-electron chi connectivity index (χ1n) is 9.05. The lowest BCUT2D eigenvalue weighted by molar-refractivity contribution is -0.161. The van der Waals surface area contributed by atoms with Crippen LogP contribution in [0.25, 0.3) is 0 Å². The number of esters is 1. The van der Waals surface area contributed by atoms with Gasteiger partial charge in [-0.25, -0.2) is 8.93 Å². The molecule has 0 aliphatic carbocycles. The van der Waals surface area contributed by atoms with Crippen molar-refractivity contribution in [2.45, 2.75) is 84.7 Å². The van der Waals surface area contributed by atoms with E-state index in [9.17, 15) is 9.00 Å². The van der Waals surface area contributed by atoms with Gasteiger partial charge in [-0.3, -0.25) is 4.79 Å². The van der Waals surface area contributed by atoms with Crippen LogP contribution < -0.4 is 10.0 Å².